The van der Waals surface area contributed by atoms with Crippen molar-refractivity contribution in [2.45, 2.75) is 20.1 Å². The minimum absolute atomic E-state index is 0.0791. The maximum atomic E-state index is 13.4. The van der Waals surface area contributed by atoms with Crippen LogP contribution < -0.4 is 10.1 Å². The molecule has 0 saturated heterocycles. The summed E-state index contributed by atoms with van der Waals surface area (Å²) in [6, 6.07) is 9.34. The van der Waals surface area contributed by atoms with Crippen molar-refractivity contribution < 1.29 is 17.9 Å². The molecule has 0 amide bonds. The fourth-order valence-electron chi connectivity index (χ4n) is 1.75. The quantitative estimate of drug-likeness (QED) is 0.838. The van der Waals surface area contributed by atoms with Crippen molar-refractivity contribution in [3.63, 3.8) is 0 Å². The predicted molar refractivity (Wildman–Crippen MR) is 76.5 cm³/mol. The van der Waals surface area contributed by atoms with E-state index in [1.807, 2.05) is 0 Å². The highest BCUT2D eigenvalue weighted by molar-refractivity contribution is 6.32. The van der Waals surface area contributed by atoms with E-state index in [9.17, 15) is 13.2 Å². The zero-order valence-corrected chi connectivity index (χ0v) is 11.9. The van der Waals surface area contributed by atoms with Gasteiger partial charge in [0, 0.05) is 12.2 Å². The number of halogens is 4. The highest BCUT2D eigenvalue weighted by Gasteiger charge is 2.09. The number of ether oxygens (including phenoxy) is 1. The van der Waals surface area contributed by atoms with Crippen LogP contribution >= 0.6 is 11.6 Å². The van der Waals surface area contributed by atoms with Crippen LogP contribution in [0.1, 0.15) is 11.1 Å². The van der Waals surface area contributed by atoms with E-state index in [4.69, 9.17) is 11.6 Å². The van der Waals surface area contributed by atoms with Crippen LogP contribution in [0, 0.1) is 12.7 Å². The Hall–Kier alpha value is -1.88. The van der Waals surface area contributed by atoms with Crippen LogP contribution in [-0.4, -0.2) is 6.61 Å². The Morgan fingerprint density at radius 3 is 2.57 bits per heavy atom. The summed E-state index contributed by atoms with van der Waals surface area (Å²) in [6.45, 7) is -0.840. The van der Waals surface area contributed by atoms with Crippen molar-refractivity contribution in [3.8, 4) is 5.75 Å². The summed E-state index contributed by atoms with van der Waals surface area (Å²) in [4.78, 5) is 0. The molecule has 0 bridgehead atoms. The first-order valence-corrected chi connectivity index (χ1v) is 6.57. The third kappa shape index (κ3) is 4.29. The van der Waals surface area contributed by atoms with Crippen LogP contribution in [0.15, 0.2) is 36.4 Å². The molecule has 0 radical (unpaired) electrons. The monoisotopic (exact) mass is 315 g/mol. The highest BCUT2D eigenvalue weighted by Crippen LogP contribution is 2.29. The fraction of sp³-hybridized carbons (Fsp3) is 0.200. The van der Waals surface area contributed by atoms with Gasteiger partial charge in [0.1, 0.15) is 11.6 Å². The molecule has 112 valence electrons. The molecule has 2 aromatic carbocycles. The largest absolute Gasteiger partial charge is 0.433 e. The third-order valence-electron chi connectivity index (χ3n) is 2.88. The van der Waals surface area contributed by atoms with Crippen molar-refractivity contribution >= 4 is 17.3 Å². The van der Waals surface area contributed by atoms with Crippen LogP contribution in [0.3, 0.4) is 0 Å². The zero-order valence-electron chi connectivity index (χ0n) is 11.2. The van der Waals surface area contributed by atoms with Gasteiger partial charge in [0.15, 0.2) is 0 Å². The van der Waals surface area contributed by atoms with Gasteiger partial charge in [-0.15, -0.1) is 0 Å². The first-order valence-electron chi connectivity index (χ1n) is 6.19. The Morgan fingerprint density at radius 1 is 1.19 bits per heavy atom. The summed E-state index contributed by atoms with van der Waals surface area (Å²) >= 11 is 5.84. The van der Waals surface area contributed by atoms with Gasteiger partial charge >= 0.3 is 6.61 Å². The van der Waals surface area contributed by atoms with Crippen LogP contribution in [0.5, 0.6) is 5.75 Å². The lowest BCUT2D eigenvalue weighted by Gasteiger charge is -2.10. The normalized spacial score (nSPS) is 10.8. The standard InChI is InChI=1S/C15H13ClF3NO/c1-9-2-3-10(6-13(9)17)8-20-11-4-5-14(12(16)7-11)21-15(18)19/h2-7,15,20H,8H2,1H3. The summed E-state index contributed by atoms with van der Waals surface area (Å²) in [7, 11) is 0. The lowest BCUT2D eigenvalue weighted by atomic mass is 10.1. The van der Waals surface area contributed by atoms with Crippen molar-refractivity contribution in [1.82, 2.24) is 0 Å². The lowest BCUT2D eigenvalue weighted by Crippen LogP contribution is -2.03. The van der Waals surface area contributed by atoms with Gasteiger partial charge < -0.3 is 10.1 Å². The summed E-state index contributed by atoms with van der Waals surface area (Å²) in [5.74, 6) is -0.355. The van der Waals surface area contributed by atoms with E-state index in [-0.39, 0.29) is 16.6 Å². The van der Waals surface area contributed by atoms with Crippen molar-refractivity contribution in [2.24, 2.45) is 0 Å². The van der Waals surface area contributed by atoms with E-state index in [1.165, 1.54) is 18.2 Å². The topological polar surface area (TPSA) is 21.3 Å². The second-order valence-electron chi connectivity index (χ2n) is 4.46. The second kappa shape index (κ2) is 6.72. The summed E-state index contributed by atoms with van der Waals surface area (Å²) in [5, 5.41) is 3.11. The molecule has 0 aliphatic rings. The molecule has 1 N–H and O–H groups in total. The number of anilines is 1. The summed E-state index contributed by atoms with van der Waals surface area (Å²) < 4.78 is 41.9. The first kappa shape index (κ1) is 15.5. The molecule has 0 aromatic heterocycles. The number of benzene rings is 2. The molecule has 2 rings (SSSR count). The van der Waals surface area contributed by atoms with Gasteiger partial charge in [-0.25, -0.2) is 4.39 Å². The Morgan fingerprint density at radius 2 is 1.95 bits per heavy atom. The van der Waals surface area contributed by atoms with Gasteiger partial charge in [0.2, 0.25) is 0 Å². The summed E-state index contributed by atoms with van der Waals surface area (Å²) in [5.41, 5.74) is 1.97. The SMILES string of the molecule is Cc1ccc(CNc2ccc(OC(F)F)c(Cl)c2)cc1F. The average Bonchev–Trinajstić information content (AvgIpc) is 2.42. The maximum Gasteiger partial charge on any atom is 0.387 e. The van der Waals surface area contributed by atoms with Gasteiger partial charge in [-0.1, -0.05) is 23.7 Å². The van der Waals surface area contributed by atoms with E-state index in [1.54, 1.807) is 25.1 Å². The van der Waals surface area contributed by atoms with Gasteiger partial charge in [-0.3, -0.25) is 0 Å². The second-order valence-corrected chi connectivity index (χ2v) is 4.87. The lowest BCUT2D eigenvalue weighted by molar-refractivity contribution is -0.0497. The Balaban J connectivity index is 2.03. The number of aryl methyl sites for hydroxylation is 1. The molecule has 2 nitrogen and oxygen atoms in total. The molecule has 0 spiro atoms. The molecule has 0 fully saturated rings. The minimum Gasteiger partial charge on any atom is -0.433 e. The third-order valence-corrected chi connectivity index (χ3v) is 3.18. The van der Waals surface area contributed by atoms with Gasteiger partial charge in [0.25, 0.3) is 0 Å². The van der Waals surface area contributed by atoms with Gasteiger partial charge in [0.05, 0.1) is 5.02 Å². The Kier molecular flexibility index (Phi) is 4.96. The molecular weight excluding hydrogens is 303 g/mol. The molecule has 0 aliphatic carbocycles. The van der Waals surface area contributed by atoms with E-state index in [2.05, 4.69) is 10.1 Å². The van der Waals surface area contributed by atoms with Crippen LogP contribution in [0.25, 0.3) is 0 Å². The van der Waals surface area contributed by atoms with Crippen molar-refractivity contribution in [3.05, 3.63) is 58.4 Å². The number of hydrogen-bond acceptors (Lipinski definition) is 2. The van der Waals surface area contributed by atoms with Crippen LogP contribution in [0.4, 0.5) is 18.9 Å². The number of hydrogen-bond donors (Lipinski definition) is 1. The van der Waals surface area contributed by atoms with Crippen molar-refractivity contribution in [2.75, 3.05) is 5.32 Å². The number of rotatable bonds is 5. The van der Waals surface area contributed by atoms with E-state index >= 15 is 0 Å². The van der Waals surface area contributed by atoms with E-state index in [0.29, 0.717) is 17.8 Å². The maximum absolute atomic E-state index is 13.4. The smallest absolute Gasteiger partial charge is 0.387 e. The predicted octanol–water partition coefficient (Wildman–Crippen LogP) is 5.00. The summed E-state index contributed by atoms with van der Waals surface area (Å²) in [6.07, 6.45) is 0. The number of alkyl halides is 2. The highest BCUT2D eigenvalue weighted by atomic mass is 35.5. The van der Waals surface area contributed by atoms with E-state index in [0.717, 1.165) is 5.56 Å². The van der Waals surface area contributed by atoms with E-state index < -0.39 is 6.61 Å². The molecule has 0 heterocycles. The average molecular weight is 316 g/mol. The first-order chi connectivity index (χ1) is 9.95. The fourth-order valence-corrected chi connectivity index (χ4v) is 1.98. The molecule has 0 atom stereocenters. The van der Waals surface area contributed by atoms with Crippen LogP contribution in [0.2, 0.25) is 5.02 Å². The Labute approximate surface area is 125 Å². The minimum atomic E-state index is -2.92. The molecule has 6 heteroatoms. The molecule has 2 aromatic rings. The molecular formula is C15H13ClF3NO. The molecule has 0 unspecified atom stereocenters. The Bertz CT molecular complexity index is 634. The molecule has 0 saturated carbocycles. The number of nitrogens with one attached hydrogen (secondary N) is 1. The zero-order chi connectivity index (χ0) is 15.4. The van der Waals surface area contributed by atoms with Crippen molar-refractivity contribution in [1.29, 1.82) is 0 Å². The molecule has 0 aliphatic heterocycles. The van der Waals surface area contributed by atoms with Gasteiger partial charge in [-0.2, -0.15) is 8.78 Å². The van der Waals surface area contributed by atoms with Gasteiger partial charge in [-0.05, 0) is 42.3 Å². The molecule has 21 heavy (non-hydrogen) atoms. The van der Waals surface area contributed by atoms with Crippen LogP contribution in [-0.2, 0) is 6.54 Å².